The van der Waals surface area contributed by atoms with Crippen molar-refractivity contribution >= 4 is 35.0 Å². The van der Waals surface area contributed by atoms with Gasteiger partial charge in [0.25, 0.3) is 5.91 Å². The van der Waals surface area contributed by atoms with Crippen molar-refractivity contribution in [3.8, 4) is 0 Å². The number of carbonyl (C=O) groups excluding carboxylic acids is 2. The van der Waals surface area contributed by atoms with E-state index < -0.39 is 17.6 Å². The summed E-state index contributed by atoms with van der Waals surface area (Å²) in [6, 6.07) is 10.5. The summed E-state index contributed by atoms with van der Waals surface area (Å²) in [4.78, 5) is 24.7. The molecule has 0 aliphatic carbocycles. The number of alkyl halides is 3. The Balaban J connectivity index is 1.57. The van der Waals surface area contributed by atoms with Gasteiger partial charge in [-0.1, -0.05) is 17.3 Å². The predicted molar refractivity (Wildman–Crippen MR) is 117 cm³/mol. The van der Waals surface area contributed by atoms with E-state index in [1.54, 1.807) is 12.1 Å². The summed E-state index contributed by atoms with van der Waals surface area (Å²) in [5.74, 6) is 0.638. The highest BCUT2D eigenvalue weighted by molar-refractivity contribution is 7.99. The lowest BCUT2D eigenvalue weighted by molar-refractivity contribution is -0.137. The van der Waals surface area contributed by atoms with E-state index >= 15 is 0 Å². The van der Waals surface area contributed by atoms with E-state index in [2.05, 4.69) is 15.8 Å². The minimum Gasteiger partial charge on any atom is -0.361 e. The Labute approximate surface area is 186 Å². The fraction of sp³-hybridized carbons (Fsp3) is 0.227. The van der Waals surface area contributed by atoms with Crippen LogP contribution in [0.1, 0.15) is 32.9 Å². The van der Waals surface area contributed by atoms with Crippen LogP contribution in [0.25, 0.3) is 0 Å². The summed E-state index contributed by atoms with van der Waals surface area (Å²) in [5, 5.41) is 9.03. The lowest BCUT2D eigenvalue weighted by atomic mass is 10.1. The topological polar surface area (TPSA) is 84.2 Å². The maximum Gasteiger partial charge on any atom is 0.416 e. The SMILES string of the molecule is Cc1noc(C)c1CSCC(=O)Nc1cccc(C(=O)Nc2cccc(C(F)(F)F)c2)c1. The highest BCUT2D eigenvalue weighted by Crippen LogP contribution is 2.30. The fourth-order valence-electron chi connectivity index (χ4n) is 2.87. The van der Waals surface area contributed by atoms with Gasteiger partial charge >= 0.3 is 6.18 Å². The van der Waals surface area contributed by atoms with Crippen molar-refractivity contribution in [3.63, 3.8) is 0 Å². The lowest BCUT2D eigenvalue weighted by Gasteiger charge is -2.11. The lowest BCUT2D eigenvalue weighted by Crippen LogP contribution is -2.16. The van der Waals surface area contributed by atoms with Gasteiger partial charge in [0.1, 0.15) is 5.76 Å². The molecule has 3 aromatic rings. The summed E-state index contributed by atoms with van der Waals surface area (Å²) in [5.41, 5.74) is 1.51. The van der Waals surface area contributed by atoms with Crippen molar-refractivity contribution < 1.29 is 27.3 Å². The summed E-state index contributed by atoms with van der Waals surface area (Å²) in [6.45, 7) is 3.65. The molecule has 1 heterocycles. The van der Waals surface area contributed by atoms with E-state index in [0.29, 0.717) is 11.4 Å². The molecule has 0 saturated heterocycles. The molecule has 0 aliphatic rings. The van der Waals surface area contributed by atoms with E-state index in [9.17, 15) is 22.8 Å². The van der Waals surface area contributed by atoms with Gasteiger partial charge in [-0.2, -0.15) is 13.2 Å². The molecule has 2 amide bonds. The number of amides is 2. The zero-order chi connectivity index (χ0) is 23.3. The summed E-state index contributed by atoms with van der Waals surface area (Å²) < 4.78 is 43.6. The smallest absolute Gasteiger partial charge is 0.361 e. The minimum absolute atomic E-state index is 0.0231. The van der Waals surface area contributed by atoms with Crippen LogP contribution in [0, 0.1) is 13.8 Å². The zero-order valence-electron chi connectivity index (χ0n) is 17.2. The number of carbonyl (C=O) groups is 2. The maximum atomic E-state index is 12.8. The first-order valence-electron chi connectivity index (χ1n) is 9.51. The molecule has 32 heavy (non-hydrogen) atoms. The normalized spacial score (nSPS) is 11.3. The van der Waals surface area contributed by atoms with Gasteiger partial charge in [-0.25, -0.2) is 0 Å². The molecule has 0 radical (unpaired) electrons. The van der Waals surface area contributed by atoms with Gasteiger partial charge in [0.05, 0.1) is 17.0 Å². The Kier molecular flexibility index (Phi) is 7.24. The van der Waals surface area contributed by atoms with Crippen molar-refractivity contribution in [3.05, 3.63) is 76.7 Å². The first-order chi connectivity index (χ1) is 15.1. The molecule has 2 aromatic carbocycles. The van der Waals surface area contributed by atoms with E-state index in [1.165, 1.54) is 36.0 Å². The third-order valence-corrected chi connectivity index (χ3v) is 5.48. The number of nitrogens with one attached hydrogen (secondary N) is 2. The second-order valence-corrected chi connectivity index (χ2v) is 7.94. The number of thioether (sulfide) groups is 1. The van der Waals surface area contributed by atoms with E-state index in [4.69, 9.17) is 4.52 Å². The van der Waals surface area contributed by atoms with Crippen molar-refractivity contribution in [1.82, 2.24) is 5.16 Å². The van der Waals surface area contributed by atoms with Crippen LogP contribution >= 0.6 is 11.8 Å². The molecule has 168 valence electrons. The van der Waals surface area contributed by atoms with Crippen LogP contribution in [0.4, 0.5) is 24.5 Å². The van der Waals surface area contributed by atoms with E-state index in [1.807, 2.05) is 13.8 Å². The molecule has 0 unspecified atom stereocenters. The van der Waals surface area contributed by atoms with Crippen LogP contribution in [0.2, 0.25) is 0 Å². The van der Waals surface area contributed by atoms with Gasteiger partial charge < -0.3 is 15.2 Å². The highest BCUT2D eigenvalue weighted by Gasteiger charge is 2.30. The average Bonchev–Trinajstić information content (AvgIpc) is 3.05. The molecule has 0 bridgehead atoms. The molecule has 3 rings (SSSR count). The summed E-state index contributed by atoms with van der Waals surface area (Å²) in [7, 11) is 0. The Hall–Kier alpha value is -3.27. The number of aromatic nitrogens is 1. The number of halogens is 3. The van der Waals surface area contributed by atoms with Crippen molar-refractivity contribution in [2.45, 2.75) is 25.8 Å². The number of hydrogen-bond acceptors (Lipinski definition) is 5. The standard InChI is InChI=1S/C22H20F3N3O3S/c1-13-19(14(2)31-28-13)11-32-12-20(29)26-17-7-3-5-15(9-17)21(30)27-18-8-4-6-16(10-18)22(23,24)25/h3-10H,11-12H2,1-2H3,(H,26,29)(H,27,30). The first kappa shape index (κ1) is 23.4. The number of nitrogens with zero attached hydrogens (tertiary/aromatic N) is 1. The second kappa shape index (κ2) is 9.90. The fourth-order valence-corrected chi connectivity index (χ4v) is 3.84. The van der Waals surface area contributed by atoms with Gasteiger partial charge in [-0.3, -0.25) is 9.59 Å². The number of anilines is 2. The zero-order valence-corrected chi connectivity index (χ0v) is 18.1. The highest BCUT2D eigenvalue weighted by atomic mass is 32.2. The molecular weight excluding hydrogens is 443 g/mol. The van der Waals surface area contributed by atoms with Crippen LogP contribution in [0.15, 0.2) is 53.1 Å². The van der Waals surface area contributed by atoms with Gasteiger partial charge in [-0.05, 0) is 50.2 Å². The monoisotopic (exact) mass is 463 g/mol. The number of rotatable bonds is 7. The van der Waals surface area contributed by atoms with Gasteiger partial charge in [0, 0.05) is 28.3 Å². The molecule has 0 spiro atoms. The first-order valence-corrected chi connectivity index (χ1v) is 10.7. The van der Waals surface area contributed by atoms with Crippen LogP contribution in [-0.4, -0.2) is 22.7 Å². The molecule has 0 aliphatic heterocycles. The van der Waals surface area contributed by atoms with Crippen molar-refractivity contribution in [1.29, 1.82) is 0 Å². The third kappa shape index (κ3) is 6.13. The van der Waals surface area contributed by atoms with Crippen LogP contribution in [-0.2, 0) is 16.7 Å². The largest absolute Gasteiger partial charge is 0.416 e. The summed E-state index contributed by atoms with van der Waals surface area (Å²) >= 11 is 1.40. The Morgan fingerprint density at radius 3 is 2.38 bits per heavy atom. The molecule has 2 N–H and O–H groups in total. The van der Waals surface area contributed by atoms with Crippen LogP contribution in [0.3, 0.4) is 0 Å². The number of aryl methyl sites for hydroxylation is 2. The van der Waals surface area contributed by atoms with Gasteiger partial charge in [0.2, 0.25) is 5.91 Å². The minimum atomic E-state index is -4.51. The van der Waals surface area contributed by atoms with Crippen molar-refractivity contribution in [2.75, 3.05) is 16.4 Å². The molecule has 1 aromatic heterocycles. The maximum absolute atomic E-state index is 12.8. The molecule has 0 atom stereocenters. The van der Waals surface area contributed by atoms with E-state index in [0.717, 1.165) is 29.2 Å². The molecule has 0 saturated carbocycles. The average molecular weight is 463 g/mol. The van der Waals surface area contributed by atoms with Crippen molar-refractivity contribution in [2.24, 2.45) is 0 Å². The summed E-state index contributed by atoms with van der Waals surface area (Å²) in [6.07, 6.45) is -4.51. The molecule has 6 nitrogen and oxygen atoms in total. The number of hydrogen-bond donors (Lipinski definition) is 2. The Morgan fingerprint density at radius 2 is 1.72 bits per heavy atom. The van der Waals surface area contributed by atoms with Gasteiger partial charge in [-0.15, -0.1) is 11.8 Å². The Morgan fingerprint density at radius 1 is 1.03 bits per heavy atom. The third-order valence-electron chi connectivity index (χ3n) is 4.52. The van der Waals surface area contributed by atoms with Crippen LogP contribution < -0.4 is 10.6 Å². The van der Waals surface area contributed by atoms with E-state index in [-0.39, 0.29) is 22.9 Å². The molecule has 10 heteroatoms. The quantitative estimate of drug-likeness (QED) is 0.488. The Bertz CT molecular complexity index is 1110. The predicted octanol–water partition coefficient (Wildman–Crippen LogP) is 5.43. The number of benzene rings is 2. The second-order valence-electron chi connectivity index (χ2n) is 6.96. The van der Waals surface area contributed by atoms with Crippen LogP contribution in [0.5, 0.6) is 0 Å². The molecule has 0 fully saturated rings. The van der Waals surface area contributed by atoms with Gasteiger partial charge in [0.15, 0.2) is 0 Å². The molecular formula is C22H20F3N3O3S.